The van der Waals surface area contributed by atoms with Crippen LogP contribution in [-0.2, 0) is 0 Å². The Balaban J connectivity index is 2.10. The van der Waals surface area contributed by atoms with Crippen molar-refractivity contribution in [3.63, 3.8) is 0 Å². The molecule has 5 heteroatoms. The van der Waals surface area contributed by atoms with E-state index in [0.717, 1.165) is 11.9 Å². The minimum atomic E-state index is -3.50. The first-order chi connectivity index (χ1) is 10.7. The first-order valence-electron chi connectivity index (χ1n) is 6.87. The third kappa shape index (κ3) is 3.26. The van der Waals surface area contributed by atoms with Gasteiger partial charge in [-0.05, 0) is 0 Å². The molecule has 2 nitrogen and oxygen atoms in total. The Morgan fingerprint density at radius 1 is 0.773 bits per heavy atom. The molecule has 0 aliphatic heterocycles. The number of nitrogens with zero attached hydrogens (tertiary/aromatic N) is 1. The number of pyridine rings is 1. The minimum absolute atomic E-state index is 0.654. The zero-order chi connectivity index (χ0) is 15.4. The van der Waals surface area contributed by atoms with Gasteiger partial charge in [-0.15, -0.1) is 0 Å². The van der Waals surface area contributed by atoms with Crippen LogP contribution in [0.25, 0.3) is 0 Å². The Labute approximate surface area is 140 Å². The maximum atomic E-state index is 12.0. The van der Waals surface area contributed by atoms with Gasteiger partial charge >= 0.3 is 141 Å². The zero-order valence-corrected chi connectivity index (χ0v) is 16.2. The third-order valence-electron chi connectivity index (χ3n) is 3.32. The maximum absolute atomic E-state index is 12.0. The quantitative estimate of drug-likeness (QED) is 0.359. The summed E-state index contributed by atoms with van der Waals surface area (Å²) in [7, 11) is 8.77. The number of aromatic nitrogens is 1. The Morgan fingerprint density at radius 3 is 1.77 bits per heavy atom. The van der Waals surface area contributed by atoms with E-state index in [2.05, 4.69) is 24.3 Å². The molecule has 0 aliphatic carbocycles. The molecule has 22 heavy (non-hydrogen) atoms. The molecule has 0 saturated heterocycles. The Morgan fingerprint density at radius 2 is 1.27 bits per heavy atom. The third-order valence-corrected chi connectivity index (χ3v) is 22.1. The second-order valence-electron chi connectivity index (χ2n) is 4.79. The summed E-state index contributed by atoms with van der Waals surface area (Å²) in [5.74, 6) is 0. The SMILES string of the molecule is [O-][n+]1ccccc1[S][Sn]([Cl])([c]1ccccc1)[c]1ccccc1. The number of halogens is 1. The summed E-state index contributed by atoms with van der Waals surface area (Å²) in [4.78, 5) is 0. The second-order valence-corrected chi connectivity index (χ2v) is 23.3. The molecule has 0 saturated carbocycles. The number of hydrogen-bond acceptors (Lipinski definition) is 2. The van der Waals surface area contributed by atoms with Crippen molar-refractivity contribution in [3.8, 4) is 0 Å². The van der Waals surface area contributed by atoms with Gasteiger partial charge in [-0.3, -0.25) is 0 Å². The molecule has 0 N–H and O–H groups in total. The van der Waals surface area contributed by atoms with E-state index in [1.165, 1.54) is 6.20 Å². The van der Waals surface area contributed by atoms with Gasteiger partial charge in [-0.2, -0.15) is 0 Å². The van der Waals surface area contributed by atoms with Crippen LogP contribution in [0.2, 0.25) is 0 Å². The van der Waals surface area contributed by atoms with E-state index in [1.807, 2.05) is 48.5 Å². The first kappa shape index (κ1) is 15.7. The summed E-state index contributed by atoms with van der Waals surface area (Å²) in [6, 6.07) is 25.7. The number of benzene rings is 2. The van der Waals surface area contributed by atoms with Gasteiger partial charge in [0.2, 0.25) is 0 Å². The van der Waals surface area contributed by atoms with Crippen LogP contribution in [0.5, 0.6) is 0 Å². The van der Waals surface area contributed by atoms with E-state index in [1.54, 1.807) is 15.0 Å². The summed E-state index contributed by atoms with van der Waals surface area (Å²) < 4.78 is 3.20. The van der Waals surface area contributed by atoms with Crippen LogP contribution in [-0.4, -0.2) is 15.9 Å². The topological polar surface area (TPSA) is 26.9 Å². The summed E-state index contributed by atoms with van der Waals surface area (Å²) >= 11 is -3.50. The molecule has 0 atom stereocenters. The molecule has 3 rings (SSSR count). The zero-order valence-electron chi connectivity index (χ0n) is 11.7. The summed E-state index contributed by atoms with van der Waals surface area (Å²) in [5, 5.41) is 12.7. The summed E-state index contributed by atoms with van der Waals surface area (Å²) in [6.45, 7) is 0. The van der Waals surface area contributed by atoms with Gasteiger partial charge in [-0.25, -0.2) is 0 Å². The average Bonchev–Trinajstić information content (AvgIpc) is 2.58. The molecular formula is C17H14ClNOSSn. The van der Waals surface area contributed by atoms with E-state index in [4.69, 9.17) is 8.92 Å². The molecule has 0 spiro atoms. The van der Waals surface area contributed by atoms with Crippen molar-refractivity contribution in [1.29, 1.82) is 0 Å². The Bertz CT molecular complexity index is 715. The van der Waals surface area contributed by atoms with Gasteiger partial charge in [0.15, 0.2) is 0 Å². The molecule has 0 bridgehead atoms. The van der Waals surface area contributed by atoms with Crippen LogP contribution >= 0.6 is 17.9 Å². The normalized spacial score (nSPS) is 11.3. The van der Waals surface area contributed by atoms with Gasteiger partial charge < -0.3 is 0 Å². The van der Waals surface area contributed by atoms with E-state index in [9.17, 15) is 5.21 Å². The number of rotatable bonds is 4. The molecule has 0 unspecified atom stereocenters. The molecule has 2 aromatic carbocycles. The van der Waals surface area contributed by atoms with Crippen molar-refractivity contribution in [2.75, 3.05) is 0 Å². The molecule has 0 amide bonds. The van der Waals surface area contributed by atoms with E-state index in [0.29, 0.717) is 5.03 Å². The average molecular weight is 435 g/mol. The molecule has 1 aromatic heterocycles. The fraction of sp³-hybridized carbons (Fsp3) is 0. The van der Waals surface area contributed by atoms with Crippen LogP contribution in [0.3, 0.4) is 0 Å². The predicted molar refractivity (Wildman–Crippen MR) is 95.0 cm³/mol. The van der Waals surface area contributed by atoms with Crippen molar-refractivity contribution in [2.24, 2.45) is 0 Å². The van der Waals surface area contributed by atoms with Gasteiger partial charge in [-0.1, -0.05) is 0 Å². The Kier molecular flexibility index (Phi) is 4.96. The van der Waals surface area contributed by atoms with E-state index >= 15 is 0 Å². The van der Waals surface area contributed by atoms with Gasteiger partial charge in [0, 0.05) is 0 Å². The fourth-order valence-corrected chi connectivity index (χ4v) is 18.5. The summed E-state index contributed by atoms with van der Waals surface area (Å²) in [6.07, 6.45) is 1.52. The van der Waals surface area contributed by atoms with Gasteiger partial charge in [0.1, 0.15) is 0 Å². The van der Waals surface area contributed by atoms with Crippen molar-refractivity contribution < 1.29 is 4.73 Å². The molecule has 110 valence electrons. The van der Waals surface area contributed by atoms with Crippen LogP contribution in [0.1, 0.15) is 0 Å². The number of hydrogen-bond donors (Lipinski definition) is 0. The van der Waals surface area contributed by atoms with Crippen LogP contribution in [0.15, 0.2) is 90.1 Å². The van der Waals surface area contributed by atoms with Crippen molar-refractivity contribution in [2.45, 2.75) is 5.03 Å². The molecule has 3 aromatic rings. The molecule has 0 fully saturated rings. The van der Waals surface area contributed by atoms with Crippen molar-refractivity contribution >= 4 is 40.9 Å². The van der Waals surface area contributed by atoms with Crippen LogP contribution < -0.4 is 11.9 Å². The fourth-order valence-electron chi connectivity index (χ4n) is 2.23. The monoisotopic (exact) mass is 435 g/mol. The first-order valence-corrected chi connectivity index (χ1v) is 17.7. The van der Waals surface area contributed by atoms with Gasteiger partial charge in [0.05, 0.1) is 0 Å². The van der Waals surface area contributed by atoms with Crippen LogP contribution in [0, 0.1) is 5.21 Å². The predicted octanol–water partition coefficient (Wildman–Crippen LogP) is 2.91. The molecular weight excluding hydrogens is 420 g/mol. The standard InChI is InChI=1S/2C6H5.C5H5NOS.ClH.Sn/c2*1-2-4-6-5-3-1;7-6-4-2-1-3-5(6)8;;/h2*1-5H;1-4,8H;1H;/q;;;;+2/p-2. The Hall–Kier alpha value is -1.17. The van der Waals surface area contributed by atoms with Crippen molar-refractivity contribution in [3.05, 3.63) is 90.3 Å². The molecule has 0 radical (unpaired) electrons. The molecule has 0 aliphatic rings. The van der Waals surface area contributed by atoms with Crippen LogP contribution in [0.4, 0.5) is 0 Å². The van der Waals surface area contributed by atoms with E-state index < -0.39 is 15.9 Å². The van der Waals surface area contributed by atoms with Crippen molar-refractivity contribution in [1.82, 2.24) is 0 Å². The molecule has 1 heterocycles. The van der Waals surface area contributed by atoms with E-state index in [-0.39, 0.29) is 0 Å². The second kappa shape index (κ2) is 6.94. The van der Waals surface area contributed by atoms with Gasteiger partial charge in [0.25, 0.3) is 0 Å². The summed E-state index contributed by atoms with van der Waals surface area (Å²) in [5.41, 5.74) is 0.